The van der Waals surface area contributed by atoms with Crippen molar-refractivity contribution in [3.05, 3.63) is 21.5 Å². The molecule has 2 nitrogen and oxygen atoms in total. The minimum absolute atomic E-state index is 0.0811. The van der Waals surface area contributed by atoms with Crippen LogP contribution in [-0.4, -0.2) is 19.5 Å². The molecule has 190 valence electrons. The van der Waals surface area contributed by atoms with Crippen LogP contribution in [-0.2, 0) is 9.15 Å². The average molecular weight is 483 g/mol. The van der Waals surface area contributed by atoms with E-state index in [1.165, 1.54) is 21.5 Å². The van der Waals surface area contributed by atoms with Gasteiger partial charge >= 0.3 is 0 Å². The van der Waals surface area contributed by atoms with E-state index in [4.69, 9.17) is 9.15 Å². The summed E-state index contributed by atoms with van der Waals surface area (Å²) in [6.45, 7) is 42.0. The van der Waals surface area contributed by atoms with Crippen LogP contribution in [0.5, 0.6) is 0 Å². The fourth-order valence-electron chi connectivity index (χ4n) is 5.59. The van der Waals surface area contributed by atoms with Crippen LogP contribution in [0.4, 0.5) is 0 Å². The van der Waals surface area contributed by atoms with E-state index in [9.17, 15) is 0 Å². The van der Waals surface area contributed by atoms with E-state index in [1.807, 2.05) is 0 Å². The zero-order valence-electron chi connectivity index (χ0n) is 25.2. The van der Waals surface area contributed by atoms with E-state index in [0.29, 0.717) is 0 Å². The molecule has 0 heterocycles. The molecule has 0 bridgehead atoms. The smallest absolute Gasteiger partial charge is 0.234 e. The van der Waals surface area contributed by atoms with Crippen LogP contribution in [0.2, 0.25) is 0 Å². The van der Waals surface area contributed by atoms with Gasteiger partial charge in [-0.25, -0.2) is 0 Å². The fourth-order valence-corrected chi connectivity index (χ4v) is 9.77. The van der Waals surface area contributed by atoms with Gasteiger partial charge in [0.05, 0.1) is 0 Å². The maximum atomic E-state index is 6.20. The fraction of sp³-hybridized carbons (Fsp3) is 0.857. The van der Waals surface area contributed by atoms with E-state index in [1.54, 1.807) is 0 Å². The molecule has 0 aliphatic carbocycles. The van der Waals surface area contributed by atoms with Gasteiger partial charge in [0, 0.05) is 0 Å². The van der Waals surface area contributed by atoms with Crippen molar-refractivity contribution >= 4 is 19.5 Å². The van der Waals surface area contributed by atoms with Gasteiger partial charge in [0.15, 0.2) is 0 Å². The molecule has 0 spiro atoms. The first kappa shape index (κ1) is 31.8. The third-order valence-corrected chi connectivity index (χ3v) is 10.2. The summed E-state index contributed by atoms with van der Waals surface area (Å²) in [5, 5.41) is 3.00. The largest absolute Gasteiger partial charge is 0.301 e. The molecular weight excluding hydrogens is 424 g/mol. The quantitative estimate of drug-likeness (QED) is 0.172. The lowest BCUT2D eigenvalue weighted by Gasteiger charge is -2.41. The summed E-state index contributed by atoms with van der Waals surface area (Å²) in [4.78, 5) is 0. The zero-order valence-corrected chi connectivity index (χ0v) is 28.1. The normalized spacial score (nSPS) is 15.2. The Morgan fingerprint density at radius 3 is 0.656 bits per heavy atom. The Hall–Kier alpha value is -0.166. The van der Waals surface area contributed by atoms with E-state index in [0.717, 1.165) is 0 Å². The number of hydrogen-bond donors (Lipinski definition) is 0. The van der Waals surface area contributed by atoms with Crippen molar-refractivity contribution in [2.75, 3.05) is 0 Å². The molecule has 0 fully saturated rings. The Kier molecular flexibility index (Phi) is 10.2. The first-order valence-electron chi connectivity index (χ1n) is 12.5. The van der Waals surface area contributed by atoms with Crippen molar-refractivity contribution in [3.63, 3.8) is 0 Å². The van der Waals surface area contributed by atoms with Crippen molar-refractivity contribution in [3.8, 4) is 0 Å². The first-order valence-corrected chi connectivity index (χ1v) is 15.0. The topological polar surface area (TPSA) is 18.5 Å². The third-order valence-electron chi connectivity index (χ3n) is 5.90. The second kappa shape index (κ2) is 10.2. The molecule has 0 rings (SSSR count). The van der Waals surface area contributed by atoms with Gasteiger partial charge in [-0.05, 0) is 32.5 Å². The Bertz CT molecular complexity index is 593. The average Bonchev–Trinajstić information content (AvgIpc) is 2.40. The van der Waals surface area contributed by atoms with Gasteiger partial charge < -0.3 is 9.15 Å². The molecule has 0 aliphatic rings. The summed E-state index contributed by atoms with van der Waals surface area (Å²) >= 11 is 0. The third kappa shape index (κ3) is 9.60. The number of rotatable bonds is 5. The summed E-state index contributed by atoms with van der Waals surface area (Å²) in [5.41, 5.74) is 3.66. The first-order chi connectivity index (χ1) is 13.7. The predicted molar refractivity (Wildman–Crippen MR) is 150 cm³/mol. The highest BCUT2D eigenvalue weighted by molar-refractivity contribution is 6.41. The Balaban J connectivity index is 6.15. The van der Waals surface area contributed by atoms with Crippen LogP contribution in [0.1, 0.15) is 125 Å². The Morgan fingerprint density at radius 2 is 0.531 bits per heavy atom. The molecule has 4 heteroatoms. The lowest BCUT2D eigenvalue weighted by molar-refractivity contribution is -0.0973. The molecule has 0 amide bonds. The van der Waals surface area contributed by atoms with E-state index in [2.05, 4.69) is 125 Å². The minimum atomic E-state index is -0.996. The van der Waals surface area contributed by atoms with Gasteiger partial charge in [0.2, 0.25) is 19.5 Å². The van der Waals surface area contributed by atoms with Crippen molar-refractivity contribution in [2.45, 2.75) is 125 Å². The summed E-state index contributed by atoms with van der Waals surface area (Å²) in [7, 11) is -1.99. The molecule has 0 aromatic rings. The van der Waals surface area contributed by atoms with Gasteiger partial charge in [0.1, 0.15) is 0 Å². The van der Waals surface area contributed by atoms with Gasteiger partial charge in [0.25, 0.3) is 0 Å². The van der Waals surface area contributed by atoms with Crippen LogP contribution in [0.25, 0.3) is 0 Å². The molecule has 0 unspecified atom stereocenters. The SMILES string of the molecule is CC(C)(C)C([SiH2]OO[SiH2]C(=C(C(C)(C)C)C(C)(C)C)C(C)(C)C)=C(C(C)(C)C)C(C)(C)C. The molecule has 0 atom stereocenters. The molecule has 0 aromatic carbocycles. The van der Waals surface area contributed by atoms with Crippen LogP contribution >= 0.6 is 0 Å². The Labute approximate surface area is 207 Å². The highest BCUT2D eigenvalue weighted by Gasteiger charge is 2.37. The standard InChI is InChI=1S/C28H58O2Si2/c1-23(2,3)19(24(4,5)6)21(27(13,14)15)31-29-30-32-22(28(16,17)18)20(25(7,8)9)26(10,11)12/h31-32H2,1-18H3. The second-order valence-electron chi connectivity index (χ2n) is 15.7. The molecule has 0 aliphatic heterocycles. The maximum absolute atomic E-state index is 6.20. The Morgan fingerprint density at radius 1 is 0.344 bits per heavy atom. The monoisotopic (exact) mass is 482 g/mol. The van der Waals surface area contributed by atoms with Crippen molar-refractivity contribution < 1.29 is 9.15 Å². The summed E-state index contributed by atoms with van der Waals surface area (Å²) in [6, 6.07) is 0. The van der Waals surface area contributed by atoms with Crippen LogP contribution in [0, 0.1) is 32.5 Å². The number of hydrogen-bond acceptors (Lipinski definition) is 2. The lowest BCUT2D eigenvalue weighted by Crippen LogP contribution is -2.33. The molecule has 32 heavy (non-hydrogen) atoms. The predicted octanol–water partition coefficient (Wildman–Crippen LogP) is 7.89. The van der Waals surface area contributed by atoms with Crippen molar-refractivity contribution in [1.82, 2.24) is 0 Å². The van der Waals surface area contributed by atoms with Crippen LogP contribution in [0.3, 0.4) is 0 Å². The van der Waals surface area contributed by atoms with E-state index in [-0.39, 0.29) is 32.5 Å². The number of allylic oxidation sites excluding steroid dienone is 4. The molecule has 0 saturated heterocycles. The van der Waals surface area contributed by atoms with Gasteiger partial charge in [-0.2, -0.15) is 0 Å². The molecular formula is C28H58O2Si2. The van der Waals surface area contributed by atoms with Gasteiger partial charge in [-0.3, -0.25) is 0 Å². The maximum Gasteiger partial charge on any atom is 0.234 e. The van der Waals surface area contributed by atoms with Crippen LogP contribution < -0.4 is 0 Å². The summed E-state index contributed by atoms with van der Waals surface area (Å²) in [6.07, 6.45) is 0. The van der Waals surface area contributed by atoms with Gasteiger partial charge in [-0.15, -0.1) is 0 Å². The molecule has 0 N–H and O–H groups in total. The van der Waals surface area contributed by atoms with E-state index >= 15 is 0 Å². The molecule has 0 radical (unpaired) electrons. The molecule has 0 saturated carbocycles. The zero-order chi connectivity index (χ0) is 26.1. The van der Waals surface area contributed by atoms with Crippen LogP contribution in [0.15, 0.2) is 21.5 Å². The highest BCUT2D eigenvalue weighted by Crippen LogP contribution is 2.46. The van der Waals surface area contributed by atoms with Crippen molar-refractivity contribution in [2.24, 2.45) is 32.5 Å². The lowest BCUT2D eigenvalue weighted by atomic mass is 9.69. The van der Waals surface area contributed by atoms with Gasteiger partial charge in [-0.1, -0.05) is 146 Å². The molecule has 0 aromatic heterocycles. The highest BCUT2D eigenvalue weighted by atomic mass is 28.2. The summed E-state index contributed by atoms with van der Waals surface area (Å²) < 4.78 is 12.4. The van der Waals surface area contributed by atoms with E-state index < -0.39 is 19.5 Å². The minimum Gasteiger partial charge on any atom is -0.301 e. The van der Waals surface area contributed by atoms with Crippen molar-refractivity contribution in [1.29, 1.82) is 0 Å². The second-order valence-corrected chi connectivity index (χ2v) is 18.2. The summed E-state index contributed by atoms with van der Waals surface area (Å²) in [5.74, 6) is 0.